The molecule has 1 aromatic carbocycles. The second kappa shape index (κ2) is 8.52. The van der Waals surface area contributed by atoms with Crippen molar-refractivity contribution in [2.45, 2.75) is 44.6 Å². The first-order valence-corrected chi connectivity index (χ1v) is 8.83. The van der Waals surface area contributed by atoms with E-state index in [9.17, 15) is 4.79 Å². The number of amides is 2. The summed E-state index contributed by atoms with van der Waals surface area (Å²) in [4.78, 5) is 16.2. The molecule has 0 unspecified atom stereocenters. The first-order chi connectivity index (χ1) is 11.8. The third-order valence-electron chi connectivity index (χ3n) is 4.42. The first kappa shape index (κ1) is 16.6. The third-order valence-corrected chi connectivity index (χ3v) is 4.42. The minimum atomic E-state index is -0.0896. The Hall–Kier alpha value is -2.30. The van der Waals surface area contributed by atoms with Crippen molar-refractivity contribution in [2.75, 3.05) is 13.2 Å². The Morgan fingerprint density at radius 1 is 1.17 bits per heavy atom. The molecule has 3 rings (SSSR count). The number of hydrogen-bond acceptors (Lipinski definition) is 3. The summed E-state index contributed by atoms with van der Waals surface area (Å²) in [7, 11) is 0. The van der Waals surface area contributed by atoms with E-state index in [-0.39, 0.29) is 6.03 Å². The van der Waals surface area contributed by atoms with E-state index < -0.39 is 0 Å². The molecular weight excluding hydrogens is 302 g/mol. The average molecular weight is 327 g/mol. The van der Waals surface area contributed by atoms with Gasteiger partial charge in [-0.1, -0.05) is 31.7 Å². The number of nitrogens with zero attached hydrogens (tertiary/aromatic N) is 1. The molecule has 2 N–H and O–H groups in total. The Morgan fingerprint density at radius 2 is 2.00 bits per heavy atom. The van der Waals surface area contributed by atoms with E-state index in [4.69, 9.17) is 4.74 Å². The van der Waals surface area contributed by atoms with Crippen molar-refractivity contribution in [3.05, 3.63) is 36.5 Å². The van der Waals surface area contributed by atoms with Crippen LogP contribution in [-0.2, 0) is 0 Å². The van der Waals surface area contributed by atoms with Crippen LogP contribution in [0.25, 0.3) is 10.9 Å². The summed E-state index contributed by atoms with van der Waals surface area (Å²) in [6, 6.07) is 9.96. The average Bonchev–Trinajstić information content (AvgIpc) is 2.87. The van der Waals surface area contributed by atoms with Crippen LogP contribution in [0.2, 0.25) is 0 Å². The quantitative estimate of drug-likeness (QED) is 0.651. The van der Waals surface area contributed by atoms with E-state index in [1.807, 2.05) is 30.3 Å². The maximum absolute atomic E-state index is 11.9. The molecule has 0 saturated heterocycles. The number of carbonyl (C=O) groups excluding carboxylic acids is 1. The lowest BCUT2D eigenvalue weighted by Gasteiger charge is -2.16. The van der Waals surface area contributed by atoms with Gasteiger partial charge in [0.25, 0.3) is 0 Å². The third kappa shape index (κ3) is 4.85. The summed E-state index contributed by atoms with van der Waals surface area (Å²) in [5, 5.41) is 6.99. The van der Waals surface area contributed by atoms with E-state index >= 15 is 0 Å². The van der Waals surface area contributed by atoms with Crippen molar-refractivity contribution >= 4 is 16.9 Å². The van der Waals surface area contributed by atoms with Gasteiger partial charge in [-0.2, -0.15) is 0 Å². The molecule has 0 spiro atoms. The van der Waals surface area contributed by atoms with Gasteiger partial charge in [-0.3, -0.25) is 4.98 Å². The molecule has 1 aromatic heterocycles. The van der Waals surface area contributed by atoms with Crippen molar-refractivity contribution in [1.82, 2.24) is 15.6 Å². The maximum Gasteiger partial charge on any atom is 0.315 e. The van der Waals surface area contributed by atoms with Gasteiger partial charge < -0.3 is 15.4 Å². The zero-order chi connectivity index (χ0) is 16.6. The second-order valence-electron chi connectivity index (χ2n) is 6.30. The molecule has 2 aromatic rings. The first-order valence-electron chi connectivity index (χ1n) is 8.83. The summed E-state index contributed by atoms with van der Waals surface area (Å²) >= 11 is 0. The molecule has 0 bridgehead atoms. The van der Waals surface area contributed by atoms with E-state index in [0.29, 0.717) is 19.2 Å². The van der Waals surface area contributed by atoms with Gasteiger partial charge in [-0.15, -0.1) is 0 Å². The van der Waals surface area contributed by atoms with Crippen LogP contribution in [0.1, 0.15) is 38.5 Å². The van der Waals surface area contributed by atoms with Gasteiger partial charge in [-0.25, -0.2) is 4.79 Å². The smallest absolute Gasteiger partial charge is 0.315 e. The lowest BCUT2D eigenvalue weighted by molar-refractivity contribution is 0.231. The van der Waals surface area contributed by atoms with Crippen molar-refractivity contribution in [2.24, 2.45) is 0 Å². The monoisotopic (exact) mass is 327 g/mol. The van der Waals surface area contributed by atoms with Gasteiger partial charge in [0.1, 0.15) is 12.4 Å². The molecule has 1 aliphatic rings. The molecule has 24 heavy (non-hydrogen) atoms. The number of pyridine rings is 1. The van der Waals surface area contributed by atoms with Crippen LogP contribution in [0.15, 0.2) is 36.5 Å². The number of nitrogens with one attached hydrogen (secondary N) is 2. The number of hydrogen-bond donors (Lipinski definition) is 2. The van der Waals surface area contributed by atoms with Crippen LogP contribution in [0, 0.1) is 0 Å². The highest BCUT2D eigenvalue weighted by atomic mass is 16.5. The van der Waals surface area contributed by atoms with Crippen molar-refractivity contribution < 1.29 is 9.53 Å². The molecule has 5 heteroatoms. The van der Waals surface area contributed by atoms with Gasteiger partial charge in [0.05, 0.1) is 12.1 Å². The number of aromatic nitrogens is 1. The lowest BCUT2D eigenvalue weighted by atomic mass is 10.1. The summed E-state index contributed by atoms with van der Waals surface area (Å²) in [5.74, 6) is 0.793. The predicted octanol–water partition coefficient (Wildman–Crippen LogP) is 3.64. The maximum atomic E-state index is 11.9. The minimum absolute atomic E-state index is 0.0896. The molecular formula is C19H25N3O2. The summed E-state index contributed by atoms with van der Waals surface area (Å²) < 4.78 is 5.70. The molecule has 0 aliphatic heterocycles. The Bertz CT molecular complexity index is 666. The summed E-state index contributed by atoms with van der Waals surface area (Å²) in [6.45, 7) is 0.938. The zero-order valence-corrected chi connectivity index (χ0v) is 14.0. The Balaban J connectivity index is 1.38. The van der Waals surface area contributed by atoms with Gasteiger partial charge in [0.2, 0.25) is 0 Å². The van der Waals surface area contributed by atoms with Crippen molar-refractivity contribution in [3.63, 3.8) is 0 Å². The number of fused-ring (bicyclic) bond motifs is 1. The van der Waals surface area contributed by atoms with Crippen LogP contribution < -0.4 is 15.4 Å². The van der Waals surface area contributed by atoms with Crippen LogP contribution in [0.4, 0.5) is 4.79 Å². The van der Waals surface area contributed by atoms with Crippen LogP contribution in [0.5, 0.6) is 5.75 Å². The van der Waals surface area contributed by atoms with Crippen molar-refractivity contribution in [3.8, 4) is 5.75 Å². The molecule has 1 saturated carbocycles. The second-order valence-corrected chi connectivity index (χ2v) is 6.30. The molecule has 5 nitrogen and oxygen atoms in total. The largest absolute Gasteiger partial charge is 0.492 e. The zero-order valence-electron chi connectivity index (χ0n) is 14.0. The number of benzene rings is 1. The minimum Gasteiger partial charge on any atom is -0.492 e. The van der Waals surface area contributed by atoms with Crippen LogP contribution in [0.3, 0.4) is 0 Å². The Labute approximate surface area is 142 Å². The number of carbonyl (C=O) groups is 1. The van der Waals surface area contributed by atoms with Gasteiger partial charge >= 0.3 is 6.03 Å². The summed E-state index contributed by atoms with van der Waals surface area (Å²) in [5.41, 5.74) is 0.950. The molecule has 1 heterocycles. The molecule has 1 aliphatic carbocycles. The molecule has 0 atom stereocenters. The van der Waals surface area contributed by atoms with Gasteiger partial charge in [0, 0.05) is 17.6 Å². The molecule has 1 fully saturated rings. The van der Waals surface area contributed by atoms with Crippen LogP contribution >= 0.6 is 0 Å². The molecule has 0 radical (unpaired) electrons. The highest BCUT2D eigenvalue weighted by Gasteiger charge is 2.14. The highest BCUT2D eigenvalue weighted by Crippen LogP contribution is 2.19. The Kier molecular flexibility index (Phi) is 5.88. The standard InChI is InChI=1S/C19H25N3O2/c23-19(22-16-7-3-1-2-4-8-16)21-12-13-24-17-9-10-18-15(14-17)6-5-11-20-18/h5-6,9-11,14,16H,1-4,7-8,12-13H2,(H2,21,22,23). The van der Waals surface area contributed by atoms with Gasteiger partial charge in [-0.05, 0) is 37.1 Å². The molecule has 2 amide bonds. The highest BCUT2D eigenvalue weighted by molar-refractivity contribution is 5.79. The van der Waals surface area contributed by atoms with E-state index in [0.717, 1.165) is 29.5 Å². The van der Waals surface area contributed by atoms with Crippen LogP contribution in [-0.4, -0.2) is 30.2 Å². The summed E-state index contributed by atoms with van der Waals surface area (Å²) in [6.07, 6.45) is 8.96. The normalized spacial score (nSPS) is 15.7. The van der Waals surface area contributed by atoms with E-state index in [1.165, 1.54) is 25.7 Å². The number of rotatable bonds is 5. The lowest BCUT2D eigenvalue weighted by Crippen LogP contribution is -2.43. The number of urea groups is 1. The predicted molar refractivity (Wildman–Crippen MR) is 95.3 cm³/mol. The fourth-order valence-corrected chi connectivity index (χ4v) is 3.14. The fraction of sp³-hybridized carbons (Fsp3) is 0.474. The fourth-order valence-electron chi connectivity index (χ4n) is 3.14. The SMILES string of the molecule is O=C(NCCOc1ccc2ncccc2c1)NC1CCCCCC1. The number of ether oxygens (including phenoxy) is 1. The molecule has 128 valence electrons. The van der Waals surface area contributed by atoms with E-state index in [2.05, 4.69) is 15.6 Å². The van der Waals surface area contributed by atoms with E-state index in [1.54, 1.807) is 6.20 Å². The van der Waals surface area contributed by atoms with Gasteiger partial charge in [0.15, 0.2) is 0 Å². The topological polar surface area (TPSA) is 63.2 Å². The Morgan fingerprint density at radius 3 is 2.83 bits per heavy atom. The van der Waals surface area contributed by atoms with Crippen molar-refractivity contribution in [1.29, 1.82) is 0 Å².